The van der Waals surface area contributed by atoms with Crippen LogP contribution in [0.5, 0.6) is 0 Å². The van der Waals surface area contributed by atoms with E-state index >= 15 is 0 Å². The summed E-state index contributed by atoms with van der Waals surface area (Å²) in [4.78, 5) is 45.9. The largest absolute Gasteiger partial charge is 0.381 e. The van der Waals surface area contributed by atoms with E-state index in [1.54, 1.807) is 55.5 Å². The number of rotatable bonds is 2. The molecule has 3 N–H and O–H groups in total. The summed E-state index contributed by atoms with van der Waals surface area (Å²) >= 11 is 0. The highest BCUT2D eigenvalue weighted by atomic mass is 16.3. The molecule has 168 valence electrons. The van der Waals surface area contributed by atoms with Crippen molar-refractivity contribution in [3.8, 4) is 0 Å². The number of nitrogens with one attached hydrogen (secondary N) is 2. The van der Waals surface area contributed by atoms with E-state index in [-0.39, 0.29) is 17.1 Å². The van der Waals surface area contributed by atoms with Crippen LogP contribution in [0.25, 0.3) is 10.9 Å². The molecule has 3 aromatic rings. The minimum atomic E-state index is -2.35. The van der Waals surface area contributed by atoms with Crippen molar-refractivity contribution in [2.45, 2.75) is 50.1 Å². The zero-order valence-electron chi connectivity index (χ0n) is 20.0. The Kier molecular flexibility index (Phi) is 3.65. The normalized spacial score (nSPS) is 35.5. The fourth-order valence-electron chi connectivity index (χ4n) is 5.17. The van der Waals surface area contributed by atoms with Gasteiger partial charge in [0.25, 0.3) is 5.56 Å². The molecule has 0 aliphatic carbocycles. The van der Waals surface area contributed by atoms with Gasteiger partial charge in [0, 0.05) is 12.0 Å². The van der Waals surface area contributed by atoms with Crippen molar-refractivity contribution in [3.63, 3.8) is 0 Å². The Morgan fingerprint density at radius 3 is 2.67 bits per heavy atom. The quantitative estimate of drug-likeness (QED) is 0.541. The Balaban J connectivity index is 1.59. The molecule has 0 unspecified atom stereocenters. The molecule has 33 heavy (non-hydrogen) atoms. The molecule has 9 heteroatoms. The fraction of sp³-hybridized carbons (Fsp3) is 0.333. The lowest BCUT2D eigenvalue weighted by Gasteiger charge is -2.37. The van der Waals surface area contributed by atoms with Crippen LogP contribution in [0.4, 0.5) is 5.69 Å². The van der Waals surface area contributed by atoms with E-state index in [0.717, 1.165) is 4.57 Å². The number of aliphatic hydroxyl groups is 1. The number of hydrogen-bond acceptors (Lipinski definition) is 6. The van der Waals surface area contributed by atoms with Gasteiger partial charge in [-0.3, -0.25) is 29.2 Å². The van der Waals surface area contributed by atoms with Crippen LogP contribution in [-0.2, 0) is 15.2 Å². The fourth-order valence-corrected chi connectivity index (χ4v) is 5.17. The number of nitrogens with zero attached hydrogens (tertiary/aromatic N) is 3. The molecule has 6 rings (SSSR count). The molecule has 2 aromatic carbocycles. The van der Waals surface area contributed by atoms with Crippen LogP contribution >= 0.6 is 0 Å². The number of anilines is 1. The molecule has 9 nitrogen and oxygen atoms in total. The van der Waals surface area contributed by atoms with E-state index in [2.05, 4.69) is 15.6 Å². The highest BCUT2D eigenvalue weighted by Crippen LogP contribution is 2.49. The van der Waals surface area contributed by atoms with Crippen LogP contribution in [0.1, 0.15) is 46.4 Å². The SMILES string of the molecule is [2H][C@]1(C[C@]2(O)c3ccccc3N3C(=O)[C@H](C)N[C@@H]32)C(=O)N[C@@]([2H])(C)c2nc3ccccc3c(=O)n21. The highest BCUT2D eigenvalue weighted by molar-refractivity contribution is 6.02. The van der Waals surface area contributed by atoms with Gasteiger partial charge in [-0.25, -0.2) is 4.98 Å². The Morgan fingerprint density at radius 2 is 1.85 bits per heavy atom. The maximum absolute atomic E-state index is 13.7. The predicted molar refractivity (Wildman–Crippen MR) is 120 cm³/mol. The zero-order chi connectivity index (χ0) is 24.9. The second kappa shape index (κ2) is 6.72. The van der Waals surface area contributed by atoms with Crippen LogP contribution < -0.4 is 21.1 Å². The average molecular weight is 447 g/mol. The summed E-state index contributed by atoms with van der Waals surface area (Å²) in [5.74, 6) is -1.26. The molecule has 1 fully saturated rings. The lowest BCUT2D eigenvalue weighted by Crippen LogP contribution is -2.54. The van der Waals surface area contributed by atoms with E-state index < -0.39 is 47.7 Å². The van der Waals surface area contributed by atoms with Crippen LogP contribution in [0.2, 0.25) is 0 Å². The van der Waals surface area contributed by atoms with Gasteiger partial charge in [0.1, 0.15) is 23.6 Å². The van der Waals surface area contributed by atoms with E-state index in [1.165, 1.54) is 11.8 Å². The van der Waals surface area contributed by atoms with Crippen molar-refractivity contribution in [3.05, 3.63) is 70.3 Å². The van der Waals surface area contributed by atoms with Crippen molar-refractivity contribution in [2.75, 3.05) is 4.90 Å². The number of amides is 2. The number of carbonyl (C=O) groups excluding carboxylic acids is 2. The molecular formula is C24H23N5O4. The lowest BCUT2D eigenvalue weighted by atomic mass is 9.85. The molecule has 0 spiro atoms. The first kappa shape index (κ1) is 17.9. The third-order valence-electron chi connectivity index (χ3n) is 6.74. The van der Waals surface area contributed by atoms with Crippen molar-refractivity contribution in [1.29, 1.82) is 0 Å². The number of fused-ring (bicyclic) bond motifs is 5. The number of para-hydroxylation sites is 2. The first-order valence-corrected chi connectivity index (χ1v) is 10.8. The lowest BCUT2D eigenvalue weighted by molar-refractivity contribution is -0.129. The second-order valence-corrected chi connectivity index (χ2v) is 8.74. The van der Waals surface area contributed by atoms with Gasteiger partial charge in [0.15, 0.2) is 0 Å². The summed E-state index contributed by atoms with van der Waals surface area (Å²) < 4.78 is 18.9. The van der Waals surface area contributed by atoms with Gasteiger partial charge < -0.3 is 10.4 Å². The van der Waals surface area contributed by atoms with Gasteiger partial charge in [-0.1, -0.05) is 30.3 Å². The van der Waals surface area contributed by atoms with E-state index in [9.17, 15) is 20.9 Å². The van der Waals surface area contributed by atoms with Crippen LogP contribution in [-0.4, -0.2) is 38.7 Å². The topological polar surface area (TPSA) is 117 Å². The maximum Gasteiger partial charge on any atom is 0.262 e. The standard InChI is InChI=1S/C24H23N5O4/c1-12-19-27-16-9-5-3-7-14(16)22(32)28(19)18(20(30)25-12)11-24(33)15-8-4-6-10-17(15)29-21(31)13(2)26-23(24)29/h3-10,12-13,18,23,26,33H,11H2,1-2H3,(H,25,30)/t12-,13-,18-,23-,24-/m0/s1/i12D,18D. The number of benzene rings is 2. The summed E-state index contributed by atoms with van der Waals surface area (Å²) in [5, 5.41) is 17.9. The van der Waals surface area contributed by atoms with E-state index in [1.807, 2.05) is 0 Å². The summed E-state index contributed by atoms with van der Waals surface area (Å²) in [7, 11) is 0. The monoisotopic (exact) mass is 447 g/mol. The van der Waals surface area contributed by atoms with Gasteiger partial charge in [-0.05, 0) is 32.0 Å². The van der Waals surface area contributed by atoms with Crippen molar-refractivity contribution >= 4 is 28.4 Å². The molecule has 2 amide bonds. The third-order valence-corrected chi connectivity index (χ3v) is 6.74. The molecule has 3 aliphatic rings. The second-order valence-electron chi connectivity index (χ2n) is 8.74. The molecule has 0 saturated carbocycles. The van der Waals surface area contributed by atoms with Gasteiger partial charge in [-0.2, -0.15) is 0 Å². The van der Waals surface area contributed by atoms with Crippen LogP contribution in [0.3, 0.4) is 0 Å². The molecule has 1 aromatic heterocycles. The van der Waals surface area contributed by atoms with E-state index in [0.29, 0.717) is 16.8 Å². The Bertz CT molecular complexity index is 1510. The highest BCUT2D eigenvalue weighted by Gasteiger charge is 2.58. The van der Waals surface area contributed by atoms with Crippen molar-refractivity contribution < 1.29 is 17.4 Å². The first-order chi connectivity index (χ1) is 16.5. The van der Waals surface area contributed by atoms with Gasteiger partial charge in [-0.15, -0.1) is 0 Å². The summed E-state index contributed by atoms with van der Waals surface area (Å²) in [6.45, 7) is 3.06. The molecule has 5 atom stereocenters. The molecule has 0 radical (unpaired) electrons. The molecule has 0 bridgehead atoms. The van der Waals surface area contributed by atoms with Gasteiger partial charge >= 0.3 is 0 Å². The Labute approximate surface area is 191 Å². The zero-order valence-corrected chi connectivity index (χ0v) is 18.0. The van der Waals surface area contributed by atoms with E-state index in [4.69, 9.17) is 1.37 Å². The molecule has 4 heterocycles. The first-order valence-electron chi connectivity index (χ1n) is 11.8. The smallest absolute Gasteiger partial charge is 0.262 e. The Morgan fingerprint density at radius 1 is 1.12 bits per heavy atom. The number of carbonyl (C=O) groups is 2. The number of aromatic nitrogens is 2. The van der Waals surface area contributed by atoms with Crippen molar-refractivity contribution in [1.82, 2.24) is 20.2 Å². The van der Waals surface area contributed by atoms with Gasteiger partial charge in [0.2, 0.25) is 11.8 Å². The minimum Gasteiger partial charge on any atom is -0.381 e. The van der Waals surface area contributed by atoms with Gasteiger partial charge in [0.05, 0.1) is 31.4 Å². The third kappa shape index (κ3) is 2.60. The molecule has 3 aliphatic heterocycles. The summed E-state index contributed by atoms with van der Waals surface area (Å²) in [6, 6.07) is 8.62. The average Bonchev–Trinajstić information content (AvgIpc) is 3.24. The Hall–Kier alpha value is -3.56. The number of hydrogen-bond donors (Lipinski definition) is 3. The summed E-state index contributed by atoms with van der Waals surface area (Å²) in [5.41, 5.74) is -1.33. The maximum atomic E-state index is 13.7. The van der Waals surface area contributed by atoms with Crippen molar-refractivity contribution in [2.24, 2.45) is 0 Å². The predicted octanol–water partition coefficient (Wildman–Crippen LogP) is 1.07. The summed E-state index contributed by atoms with van der Waals surface area (Å²) in [6.07, 6.45) is -1.49. The van der Waals surface area contributed by atoms with Crippen LogP contribution in [0.15, 0.2) is 53.3 Å². The molecule has 1 saturated heterocycles. The minimum absolute atomic E-state index is 0.105. The van der Waals surface area contributed by atoms with Crippen LogP contribution in [0, 0.1) is 0 Å². The molecular weight excluding hydrogens is 422 g/mol.